The van der Waals surface area contributed by atoms with Crippen molar-refractivity contribution in [1.82, 2.24) is 14.3 Å². The molecule has 0 radical (unpaired) electrons. The number of nitrogens with zero attached hydrogens (tertiary/aromatic N) is 4. The lowest BCUT2D eigenvalue weighted by molar-refractivity contribution is -0.274. The van der Waals surface area contributed by atoms with E-state index in [4.69, 9.17) is 9.97 Å². The monoisotopic (exact) mass is 493 g/mol. The SMILES string of the molecule is O=S(=O)(c1ccc(OC(F)(F)F)cc1)N1CCN(c2nc3ccccc3nc2NC2CC2)CC1. The van der Waals surface area contributed by atoms with E-state index in [1.54, 1.807) is 0 Å². The summed E-state index contributed by atoms with van der Waals surface area (Å²) < 4.78 is 68.3. The van der Waals surface area contributed by atoms with E-state index in [-0.39, 0.29) is 18.0 Å². The maximum atomic E-state index is 13.0. The topological polar surface area (TPSA) is 87.7 Å². The quantitative estimate of drug-likeness (QED) is 0.561. The van der Waals surface area contributed by atoms with Crippen molar-refractivity contribution in [1.29, 1.82) is 0 Å². The van der Waals surface area contributed by atoms with Crippen molar-refractivity contribution in [3.8, 4) is 5.75 Å². The number of hydrogen-bond acceptors (Lipinski definition) is 7. The molecule has 180 valence electrons. The molecule has 1 aromatic heterocycles. The summed E-state index contributed by atoms with van der Waals surface area (Å²) in [5.74, 6) is 0.913. The minimum Gasteiger partial charge on any atom is -0.406 e. The standard InChI is InChI=1S/C22H22F3N5O3S/c23-22(24,25)33-16-7-9-17(10-8-16)34(31,32)30-13-11-29(12-14-30)21-20(26-15-5-6-15)27-18-3-1-2-4-19(18)28-21/h1-4,7-10,15H,5-6,11-14H2,(H,26,27). The molecule has 0 spiro atoms. The minimum absolute atomic E-state index is 0.0861. The van der Waals surface area contributed by atoms with Crippen molar-refractivity contribution < 1.29 is 26.3 Å². The number of halogens is 3. The van der Waals surface area contributed by atoms with Crippen molar-refractivity contribution >= 4 is 32.7 Å². The first kappa shape index (κ1) is 22.7. The summed E-state index contributed by atoms with van der Waals surface area (Å²) in [5.41, 5.74) is 1.55. The Morgan fingerprint density at radius 3 is 2.12 bits per heavy atom. The Bertz CT molecular complexity index is 1290. The average molecular weight is 494 g/mol. The maximum Gasteiger partial charge on any atom is 0.573 e. The van der Waals surface area contributed by atoms with Crippen LogP contribution in [0.4, 0.5) is 24.8 Å². The Hall–Kier alpha value is -3.12. The van der Waals surface area contributed by atoms with Crippen LogP contribution in [0.15, 0.2) is 53.4 Å². The molecule has 5 rings (SSSR count). The largest absolute Gasteiger partial charge is 0.573 e. The number of fused-ring (bicyclic) bond motifs is 1. The number of nitrogens with one attached hydrogen (secondary N) is 1. The predicted octanol–water partition coefficient (Wildman–Crippen LogP) is 3.61. The number of alkyl halides is 3. The van der Waals surface area contributed by atoms with E-state index in [1.807, 2.05) is 29.2 Å². The van der Waals surface area contributed by atoms with Crippen molar-refractivity contribution in [2.75, 3.05) is 36.4 Å². The van der Waals surface area contributed by atoms with Gasteiger partial charge in [-0.05, 0) is 49.2 Å². The molecule has 1 saturated heterocycles. The van der Waals surface area contributed by atoms with E-state index in [9.17, 15) is 21.6 Å². The van der Waals surface area contributed by atoms with Crippen LogP contribution in [0.5, 0.6) is 5.75 Å². The Kier molecular flexibility index (Phi) is 5.72. The van der Waals surface area contributed by atoms with E-state index < -0.39 is 22.1 Å². The molecule has 1 aliphatic carbocycles. The van der Waals surface area contributed by atoms with Gasteiger partial charge >= 0.3 is 6.36 Å². The van der Waals surface area contributed by atoms with Gasteiger partial charge in [-0.1, -0.05) is 12.1 Å². The number of para-hydroxylation sites is 2. The third-order valence-corrected chi connectivity index (χ3v) is 7.62. The van der Waals surface area contributed by atoms with Gasteiger partial charge in [-0.15, -0.1) is 13.2 Å². The molecule has 34 heavy (non-hydrogen) atoms. The second kappa shape index (κ2) is 8.58. The first-order chi connectivity index (χ1) is 16.2. The van der Waals surface area contributed by atoms with Gasteiger partial charge < -0.3 is 15.0 Å². The van der Waals surface area contributed by atoms with E-state index in [2.05, 4.69) is 10.1 Å². The number of anilines is 2. The minimum atomic E-state index is -4.84. The molecular formula is C22H22F3N5O3S. The molecule has 2 aromatic carbocycles. The number of rotatable bonds is 6. The molecule has 0 bridgehead atoms. The van der Waals surface area contributed by atoms with E-state index in [0.29, 0.717) is 30.8 Å². The molecule has 1 aliphatic heterocycles. The fourth-order valence-electron chi connectivity index (χ4n) is 3.83. The fourth-order valence-corrected chi connectivity index (χ4v) is 5.25. The van der Waals surface area contributed by atoms with Crippen LogP contribution in [0.3, 0.4) is 0 Å². The maximum absolute atomic E-state index is 13.0. The van der Waals surface area contributed by atoms with Gasteiger partial charge in [0.25, 0.3) is 0 Å². The van der Waals surface area contributed by atoms with Gasteiger partial charge in [-0.2, -0.15) is 4.31 Å². The van der Waals surface area contributed by atoms with Gasteiger partial charge in [0.2, 0.25) is 10.0 Å². The second-order valence-corrected chi connectivity index (χ2v) is 10.2. The summed E-state index contributed by atoms with van der Waals surface area (Å²) in [5, 5.41) is 3.42. The van der Waals surface area contributed by atoms with Crippen LogP contribution in [-0.4, -0.2) is 61.3 Å². The lowest BCUT2D eigenvalue weighted by Crippen LogP contribution is -2.49. The molecule has 8 nitrogen and oxygen atoms in total. The van der Waals surface area contributed by atoms with Crippen LogP contribution in [0.2, 0.25) is 0 Å². The number of ether oxygens (including phenoxy) is 1. The number of benzene rings is 2. The zero-order chi connectivity index (χ0) is 23.9. The molecule has 0 amide bonds. The summed E-state index contributed by atoms with van der Waals surface area (Å²) in [4.78, 5) is 11.5. The van der Waals surface area contributed by atoms with Gasteiger partial charge in [0.05, 0.1) is 15.9 Å². The molecule has 3 aromatic rings. The highest BCUT2D eigenvalue weighted by atomic mass is 32.2. The van der Waals surface area contributed by atoms with Crippen LogP contribution in [0.25, 0.3) is 11.0 Å². The predicted molar refractivity (Wildman–Crippen MR) is 120 cm³/mol. The van der Waals surface area contributed by atoms with Gasteiger partial charge in [-0.25, -0.2) is 18.4 Å². The first-order valence-electron chi connectivity index (χ1n) is 10.8. The third kappa shape index (κ3) is 4.87. The Morgan fingerprint density at radius 2 is 1.53 bits per heavy atom. The van der Waals surface area contributed by atoms with Gasteiger partial charge in [0.1, 0.15) is 5.75 Å². The highest BCUT2D eigenvalue weighted by Gasteiger charge is 2.33. The Balaban J connectivity index is 1.32. The number of hydrogen-bond donors (Lipinski definition) is 1. The summed E-state index contributed by atoms with van der Waals surface area (Å²) in [6.07, 6.45) is -2.69. The molecule has 0 atom stereocenters. The highest BCUT2D eigenvalue weighted by molar-refractivity contribution is 7.89. The second-order valence-electron chi connectivity index (χ2n) is 8.21. The number of aromatic nitrogens is 2. The summed E-state index contributed by atoms with van der Waals surface area (Å²) in [6.45, 7) is 1.22. The first-order valence-corrected chi connectivity index (χ1v) is 12.3. The molecule has 1 N–H and O–H groups in total. The highest BCUT2D eigenvalue weighted by Crippen LogP contribution is 2.32. The number of sulfonamides is 1. The summed E-state index contributed by atoms with van der Waals surface area (Å²) in [7, 11) is -3.86. The molecule has 2 heterocycles. The zero-order valence-corrected chi connectivity index (χ0v) is 18.8. The Labute approximate surface area is 194 Å². The molecule has 12 heteroatoms. The van der Waals surface area contributed by atoms with Crippen LogP contribution >= 0.6 is 0 Å². The smallest absolute Gasteiger partial charge is 0.406 e. The van der Waals surface area contributed by atoms with Gasteiger partial charge in [0.15, 0.2) is 11.6 Å². The van der Waals surface area contributed by atoms with Crippen molar-refractivity contribution in [3.63, 3.8) is 0 Å². The zero-order valence-electron chi connectivity index (χ0n) is 18.0. The van der Waals surface area contributed by atoms with Crippen LogP contribution in [0.1, 0.15) is 12.8 Å². The van der Waals surface area contributed by atoms with Gasteiger partial charge in [-0.3, -0.25) is 0 Å². The summed E-state index contributed by atoms with van der Waals surface area (Å²) in [6, 6.07) is 12.2. The van der Waals surface area contributed by atoms with Gasteiger partial charge in [0, 0.05) is 32.2 Å². The van der Waals surface area contributed by atoms with Crippen molar-refractivity contribution in [2.45, 2.75) is 30.1 Å². The van der Waals surface area contributed by atoms with E-state index >= 15 is 0 Å². The lowest BCUT2D eigenvalue weighted by Gasteiger charge is -2.35. The third-order valence-electron chi connectivity index (χ3n) is 5.70. The normalized spacial score (nSPS) is 17.7. The van der Waals surface area contributed by atoms with Crippen molar-refractivity contribution in [3.05, 3.63) is 48.5 Å². The molecule has 2 aliphatic rings. The Morgan fingerprint density at radius 1 is 0.912 bits per heavy atom. The average Bonchev–Trinajstić information content (AvgIpc) is 3.62. The summed E-state index contributed by atoms with van der Waals surface area (Å²) >= 11 is 0. The fraction of sp³-hybridized carbons (Fsp3) is 0.364. The van der Waals surface area contributed by atoms with E-state index in [0.717, 1.165) is 48.1 Å². The molecular weight excluding hydrogens is 471 g/mol. The van der Waals surface area contributed by atoms with Crippen LogP contribution in [0, 0.1) is 0 Å². The van der Waals surface area contributed by atoms with E-state index in [1.165, 1.54) is 4.31 Å². The molecule has 2 fully saturated rings. The molecule has 1 saturated carbocycles. The van der Waals surface area contributed by atoms with Crippen LogP contribution < -0.4 is 15.0 Å². The number of piperazine rings is 1. The molecule has 0 unspecified atom stereocenters. The lowest BCUT2D eigenvalue weighted by atomic mass is 10.3. The van der Waals surface area contributed by atoms with Crippen LogP contribution in [-0.2, 0) is 10.0 Å². The van der Waals surface area contributed by atoms with Crippen molar-refractivity contribution in [2.24, 2.45) is 0 Å².